The van der Waals surface area contributed by atoms with Crippen LogP contribution in [0.25, 0.3) is 11.2 Å². The Morgan fingerprint density at radius 2 is 2.29 bits per heavy atom. The van der Waals surface area contributed by atoms with Gasteiger partial charge in [-0.25, -0.2) is 4.98 Å². The van der Waals surface area contributed by atoms with E-state index in [1.54, 1.807) is 0 Å². The first kappa shape index (κ1) is 13.9. The van der Waals surface area contributed by atoms with Gasteiger partial charge in [0, 0.05) is 0 Å². The number of aliphatic hydroxyl groups excluding tert-OH is 3. The van der Waals surface area contributed by atoms with Gasteiger partial charge in [-0.05, 0) is 6.92 Å². The van der Waals surface area contributed by atoms with Crippen LogP contribution in [0.4, 0.5) is 5.95 Å². The summed E-state index contributed by atoms with van der Waals surface area (Å²) >= 11 is 0. The minimum atomic E-state index is -1.33. The first-order chi connectivity index (χ1) is 9.87. The molecule has 10 heteroatoms. The van der Waals surface area contributed by atoms with E-state index in [1.165, 1.54) is 17.8 Å². The fourth-order valence-electron chi connectivity index (χ4n) is 2.41. The van der Waals surface area contributed by atoms with Crippen LogP contribution in [0.5, 0.6) is 0 Å². The number of aromatic nitrogens is 4. The van der Waals surface area contributed by atoms with Crippen molar-refractivity contribution in [3.05, 3.63) is 16.7 Å². The number of fused-ring (bicyclic) bond motifs is 1. The summed E-state index contributed by atoms with van der Waals surface area (Å²) in [4.78, 5) is 21.9. The SMILES string of the molecule is C[C@]1(CO)OC(n2cnc3c(=O)[nH]c(N)nc32)C(O)C1O. The van der Waals surface area contributed by atoms with Gasteiger partial charge in [-0.2, -0.15) is 4.98 Å². The molecule has 0 aliphatic carbocycles. The van der Waals surface area contributed by atoms with Gasteiger partial charge < -0.3 is 25.8 Å². The number of H-pyrrole nitrogens is 1. The molecule has 2 aromatic heterocycles. The first-order valence-electron chi connectivity index (χ1n) is 6.24. The second-order valence-corrected chi connectivity index (χ2v) is 5.19. The van der Waals surface area contributed by atoms with Gasteiger partial charge in [-0.15, -0.1) is 0 Å². The Hall–Kier alpha value is -2.01. The highest BCUT2D eigenvalue weighted by Crippen LogP contribution is 2.37. The standard InChI is InChI=1S/C11H15N5O5/c1-11(2-17)6(19)5(18)9(21-11)16-3-13-4-7(16)14-10(12)15-8(4)20/h3,5-6,9,17-19H,2H2,1H3,(H3,12,14,15,20)/t5?,6?,9?,11-/m1/s1. The number of nitrogens with one attached hydrogen (secondary N) is 1. The van der Waals surface area contributed by atoms with E-state index in [4.69, 9.17) is 10.5 Å². The molecule has 3 rings (SSSR count). The number of imidazole rings is 1. The lowest BCUT2D eigenvalue weighted by molar-refractivity contribution is -0.115. The number of aliphatic hydroxyl groups is 3. The van der Waals surface area contributed by atoms with E-state index in [0.29, 0.717) is 0 Å². The highest BCUT2D eigenvalue weighted by atomic mass is 16.6. The quantitative estimate of drug-likeness (QED) is 0.414. The lowest BCUT2D eigenvalue weighted by Gasteiger charge is -2.24. The van der Waals surface area contributed by atoms with Crippen LogP contribution < -0.4 is 11.3 Å². The first-order valence-corrected chi connectivity index (χ1v) is 6.24. The number of anilines is 1. The molecular weight excluding hydrogens is 282 g/mol. The van der Waals surface area contributed by atoms with Gasteiger partial charge in [0.1, 0.15) is 17.8 Å². The molecule has 3 unspecified atom stereocenters. The van der Waals surface area contributed by atoms with E-state index in [-0.39, 0.29) is 17.1 Å². The smallest absolute Gasteiger partial charge is 0.280 e. The third-order valence-corrected chi connectivity index (χ3v) is 3.67. The number of nitrogens with zero attached hydrogens (tertiary/aromatic N) is 3. The lowest BCUT2D eigenvalue weighted by atomic mass is 9.99. The topological polar surface area (TPSA) is 160 Å². The molecule has 114 valence electrons. The third-order valence-electron chi connectivity index (χ3n) is 3.67. The van der Waals surface area contributed by atoms with Crippen LogP contribution in [0.3, 0.4) is 0 Å². The zero-order valence-corrected chi connectivity index (χ0v) is 11.1. The molecule has 4 atom stereocenters. The number of ether oxygens (including phenoxy) is 1. The Bertz CT molecular complexity index is 742. The van der Waals surface area contributed by atoms with Gasteiger partial charge >= 0.3 is 0 Å². The van der Waals surface area contributed by atoms with Crippen LogP contribution in [-0.2, 0) is 4.74 Å². The highest BCUT2D eigenvalue weighted by molar-refractivity contribution is 5.70. The number of nitrogens with two attached hydrogens (primary N) is 1. The predicted octanol–water partition coefficient (Wildman–Crippen LogP) is -2.30. The summed E-state index contributed by atoms with van der Waals surface area (Å²) in [5.41, 5.74) is 3.80. The van der Waals surface area contributed by atoms with Crippen molar-refractivity contribution in [1.82, 2.24) is 19.5 Å². The number of nitrogen functional groups attached to an aromatic ring is 1. The van der Waals surface area contributed by atoms with Crippen LogP contribution in [0.1, 0.15) is 13.2 Å². The van der Waals surface area contributed by atoms with Crippen molar-refractivity contribution in [2.75, 3.05) is 12.3 Å². The van der Waals surface area contributed by atoms with Crippen LogP contribution in [0.2, 0.25) is 0 Å². The largest absolute Gasteiger partial charge is 0.393 e. The molecule has 0 spiro atoms. The second-order valence-electron chi connectivity index (χ2n) is 5.19. The maximum atomic E-state index is 11.7. The van der Waals surface area contributed by atoms with Gasteiger partial charge in [0.15, 0.2) is 17.4 Å². The Kier molecular flexibility index (Phi) is 2.99. The predicted molar refractivity (Wildman–Crippen MR) is 70.2 cm³/mol. The van der Waals surface area contributed by atoms with E-state index in [1.807, 2.05) is 0 Å². The molecule has 0 bridgehead atoms. The van der Waals surface area contributed by atoms with Crippen molar-refractivity contribution in [1.29, 1.82) is 0 Å². The summed E-state index contributed by atoms with van der Waals surface area (Å²) in [5.74, 6) is -0.104. The molecule has 0 aromatic carbocycles. The van der Waals surface area contributed by atoms with Crippen molar-refractivity contribution in [3.63, 3.8) is 0 Å². The molecular formula is C11H15N5O5. The van der Waals surface area contributed by atoms with Gasteiger partial charge in [0.05, 0.1) is 12.9 Å². The third kappa shape index (κ3) is 1.92. The molecule has 1 fully saturated rings. The molecule has 1 saturated heterocycles. The fraction of sp³-hybridized carbons (Fsp3) is 0.545. The lowest BCUT2D eigenvalue weighted by Crippen LogP contribution is -2.43. The average molecular weight is 297 g/mol. The van der Waals surface area contributed by atoms with Gasteiger partial charge in [0.25, 0.3) is 5.56 Å². The zero-order chi connectivity index (χ0) is 15.4. The van der Waals surface area contributed by atoms with Crippen molar-refractivity contribution in [3.8, 4) is 0 Å². The van der Waals surface area contributed by atoms with E-state index in [2.05, 4.69) is 15.0 Å². The van der Waals surface area contributed by atoms with Crippen molar-refractivity contribution >= 4 is 17.1 Å². The van der Waals surface area contributed by atoms with Gasteiger partial charge in [-0.3, -0.25) is 14.3 Å². The molecule has 3 heterocycles. The number of aromatic amines is 1. The summed E-state index contributed by atoms with van der Waals surface area (Å²) in [6, 6.07) is 0. The highest BCUT2D eigenvalue weighted by Gasteiger charge is 2.52. The Balaban J connectivity index is 2.12. The second kappa shape index (κ2) is 4.49. The fourth-order valence-corrected chi connectivity index (χ4v) is 2.41. The van der Waals surface area contributed by atoms with Crippen LogP contribution in [-0.4, -0.2) is 59.3 Å². The molecule has 0 saturated carbocycles. The molecule has 0 radical (unpaired) electrons. The van der Waals surface area contributed by atoms with Gasteiger partial charge in [0.2, 0.25) is 5.95 Å². The molecule has 6 N–H and O–H groups in total. The van der Waals surface area contributed by atoms with E-state index in [9.17, 15) is 20.1 Å². The monoisotopic (exact) mass is 297 g/mol. The zero-order valence-electron chi connectivity index (χ0n) is 11.1. The van der Waals surface area contributed by atoms with Crippen molar-refractivity contribution in [2.24, 2.45) is 0 Å². The average Bonchev–Trinajstić information content (AvgIpc) is 2.95. The Morgan fingerprint density at radius 1 is 1.57 bits per heavy atom. The molecule has 1 aliphatic rings. The maximum absolute atomic E-state index is 11.7. The molecule has 21 heavy (non-hydrogen) atoms. The van der Waals surface area contributed by atoms with E-state index in [0.717, 1.165) is 0 Å². The van der Waals surface area contributed by atoms with Crippen molar-refractivity contribution < 1.29 is 20.1 Å². The summed E-state index contributed by atoms with van der Waals surface area (Å²) in [7, 11) is 0. The van der Waals surface area contributed by atoms with E-state index < -0.39 is 36.2 Å². The normalized spacial score (nSPS) is 32.9. The molecule has 1 aliphatic heterocycles. The van der Waals surface area contributed by atoms with Crippen LogP contribution >= 0.6 is 0 Å². The van der Waals surface area contributed by atoms with Gasteiger partial charge in [-0.1, -0.05) is 0 Å². The number of rotatable bonds is 2. The Morgan fingerprint density at radius 3 is 2.90 bits per heavy atom. The minimum Gasteiger partial charge on any atom is -0.393 e. The molecule has 2 aromatic rings. The summed E-state index contributed by atoms with van der Waals surface area (Å²) in [6.45, 7) is 0.985. The van der Waals surface area contributed by atoms with Crippen LogP contribution in [0.15, 0.2) is 11.1 Å². The molecule has 0 amide bonds. The van der Waals surface area contributed by atoms with Crippen molar-refractivity contribution in [2.45, 2.75) is 31.0 Å². The number of hydrogen-bond acceptors (Lipinski definition) is 8. The number of hydrogen-bond donors (Lipinski definition) is 5. The Labute approximate surface area is 117 Å². The maximum Gasteiger partial charge on any atom is 0.280 e. The summed E-state index contributed by atoms with van der Waals surface area (Å²) in [6.07, 6.45) is -2.40. The molecule has 10 nitrogen and oxygen atoms in total. The van der Waals surface area contributed by atoms with E-state index >= 15 is 0 Å². The minimum absolute atomic E-state index is 0.0343. The van der Waals surface area contributed by atoms with Crippen LogP contribution in [0, 0.1) is 0 Å². The summed E-state index contributed by atoms with van der Waals surface area (Å²) in [5, 5.41) is 29.4. The summed E-state index contributed by atoms with van der Waals surface area (Å²) < 4.78 is 6.84.